The summed E-state index contributed by atoms with van der Waals surface area (Å²) in [7, 11) is 0. The summed E-state index contributed by atoms with van der Waals surface area (Å²) in [6.07, 6.45) is 2.77. The molecule has 2 fully saturated rings. The lowest BCUT2D eigenvalue weighted by atomic mass is 10.2. The lowest BCUT2D eigenvalue weighted by Gasteiger charge is -2.29. The molecule has 4 nitrogen and oxygen atoms in total. The second-order valence-corrected chi connectivity index (χ2v) is 8.42. The summed E-state index contributed by atoms with van der Waals surface area (Å²) in [4.78, 5) is 7.85. The zero-order chi connectivity index (χ0) is 18.2. The molecule has 0 aliphatic carbocycles. The van der Waals surface area contributed by atoms with E-state index in [4.69, 9.17) is 4.74 Å². The predicted molar refractivity (Wildman–Crippen MR) is 108 cm³/mol. The molecule has 0 amide bonds. The molecule has 146 valence electrons. The van der Waals surface area contributed by atoms with Crippen molar-refractivity contribution in [2.45, 2.75) is 39.3 Å². The van der Waals surface area contributed by atoms with Gasteiger partial charge in [-0.25, -0.2) is 0 Å². The Morgan fingerprint density at radius 1 is 0.923 bits per heavy atom. The summed E-state index contributed by atoms with van der Waals surface area (Å²) < 4.78 is 6.21. The zero-order valence-corrected chi connectivity index (χ0v) is 16.8. The van der Waals surface area contributed by atoms with Crippen molar-refractivity contribution in [3.8, 4) is 0 Å². The van der Waals surface area contributed by atoms with Crippen LogP contribution in [0.25, 0.3) is 0 Å². The first kappa shape index (κ1) is 19.8. The summed E-state index contributed by atoms with van der Waals surface area (Å²) in [5, 5.41) is 0. The minimum Gasteiger partial charge on any atom is -0.376 e. The van der Waals surface area contributed by atoms with Gasteiger partial charge in [0.25, 0.3) is 0 Å². The summed E-state index contributed by atoms with van der Waals surface area (Å²) in [6, 6.07) is 10.8. The van der Waals surface area contributed by atoms with Crippen molar-refractivity contribution in [2.24, 2.45) is 5.92 Å². The summed E-state index contributed by atoms with van der Waals surface area (Å²) in [5.41, 5.74) is 1.41. The van der Waals surface area contributed by atoms with Crippen molar-refractivity contribution in [2.75, 3.05) is 59.0 Å². The molecule has 2 aliphatic heterocycles. The SMILES string of the molecule is CC(C)CN1CCCN(CC2CN(Cc3ccccc3)CCCO2)CC1. The normalized spacial score (nSPS) is 24.5. The predicted octanol–water partition coefficient (Wildman–Crippen LogP) is 2.94. The van der Waals surface area contributed by atoms with E-state index < -0.39 is 0 Å². The highest BCUT2D eigenvalue weighted by Crippen LogP contribution is 2.13. The third kappa shape index (κ3) is 6.66. The number of rotatable bonds is 6. The average molecular weight is 360 g/mol. The number of benzene rings is 1. The van der Waals surface area contributed by atoms with Crippen molar-refractivity contribution < 1.29 is 4.74 Å². The van der Waals surface area contributed by atoms with E-state index in [1.165, 1.54) is 44.7 Å². The highest BCUT2D eigenvalue weighted by molar-refractivity contribution is 5.14. The first-order valence-corrected chi connectivity index (χ1v) is 10.5. The van der Waals surface area contributed by atoms with Crippen molar-refractivity contribution >= 4 is 0 Å². The molecular formula is C22H37N3O. The van der Waals surface area contributed by atoms with Gasteiger partial charge in [-0.2, -0.15) is 0 Å². The van der Waals surface area contributed by atoms with Crippen molar-refractivity contribution in [1.29, 1.82) is 0 Å². The van der Waals surface area contributed by atoms with E-state index in [1.807, 2.05) is 0 Å². The molecule has 0 aromatic heterocycles. The van der Waals surface area contributed by atoms with Crippen molar-refractivity contribution in [1.82, 2.24) is 14.7 Å². The van der Waals surface area contributed by atoms with Crippen LogP contribution in [0.1, 0.15) is 32.3 Å². The molecule has 26 heavy (non-hydrogen) atoms. The van der Waals surface area contributed by atoms with Crippen LogP contribution >= 0.6 is 0 Å². The molecule has 0 saturated carbocycles. The van der Waals surface area contributed by atoms with Gasteiger partial charge in [0.15, 0.2) is 0 Å². The summed E-state index contributed by atoms with van der Waals surface area (Å²) in [5.74, 6) is 0.762. The van der Waals surface area contributed by atoms with Crippen LogP contribution in [0.4, 0.5) is 0 Å². The molecule has 0 N–H and O–H groups in total. The number of hydrogen-bond donors (Lipinski definition) is 0. The van der Waals surface area contributed by atoms with Gasteiger partial charge in [0.05, 0.1) is 6.10 Å². The second-order valence-electron chi connectivity index (χ2n) is 8.42. The van der Waals surface area contributed by atoms with E-state index in [-0.39, 0.29) is 0 Å². The fourth-order valence-electron chi connectivity index (χ4n) is 4.26. The largest absolute Gasteiger partial charge is 0.376 e. The Kier molecular flexibility index (Phi) is 7.93. The molecule has 1 atom stereocenters. The van der Waals surface area contributed by atoms with Gasteiger partial charge in [0, 0.05) is 52.4 Å². The van der Waals surface area contributed by atoms with Crippen LogP contribution in [0.3, 0.4) is 0 Å². The molecule has 0 radical (unpaired) electrons. The summed E-state index contributed by atoms with van der Waals surface area (Å²) in [6.45, 7) is 16.0. The molecule has 1 unspecified atom stereocenters. The molecule has 1 aromatic carbocycles. The molecule has 2 aliphatic rings. The van der Waals surface area contributed by atoms with Gasteiger partial charge in [0.2, 0.25) is 0 Å². The minimum absolute atomic E-state index is 0.345. The maximum absolute atomic E-state index is 6.21. The van der Waals surface area contributed by atoms with Gasteiger partial charge >= 0.3 is 0 Å². The van der Waals surface area contributed by atoms with E-state index in [0.29, 0.717) is 6.10 Å². The Morgan fingerprint density at radius 2 is 1.65 bits per heavy atom. The van der Waals surface area contributed by atoms with E-state index in [0.717, 1.165) is 45.1 Å². The second kappa shape index (κ2) is 10.4. The standard InChI is InChI=1S/C22H37N3O/c1-20(2)16-23-10-6-11-24(14-13-23)18-22-19-25(12-7-15-26-22)17-21-8-4-3-5-9-21/h3-5,8-9,20,22H,6-7,10-19H2,1-2H3. The highest BCUT2D eigenvalue weighted by atomic mass is 16.5. The molecular weight excluding hydrogens is 322 g/mol. The van der Waals surface area contributed by atoms with Crippen LogP contribution < -0.4 is 0 Å². The molecule has 0 spiro atoms. The monoisotopic (exact) mass is 359 g/mol. The molecule has 4 heteroatoms. The lowest BCUT2D eigenvalue weighted by molar-refractivity contribution is 0.0265. The highest BCUT2D eigenvalue weighted by Gasteiger charge is 2.23. The molecule has 2 heterocycles. The lowest BCUT2D eigenvalue weighted by Crippen LogP contribution is -2.41. The minimum atomic E-state index is 0.345. The smallest absolute Gasteiger partial charge is 0.0828 e. The van der Waals surface area contributed by atoms with Gasteiger partial charge in [-0.3, -0.25) is 9.80 Å². The van der Waals surface area contributed by atoms with Crippen LogP contribution in [-0.2, 0) is 11.3 Å². The van der Waals surface area contributed by atoms with E-state index in [2.05, 4.69) is 58.9 Å². The van der Waals surface area contributed by atoms with Gasteiger partial charge in [-0.05, 0) is 37.4 Å². The van der Waals surface area contributed by atoms with Crippen LogP contribution in [0.5, 0.6) is 0 Å². The first-order valence-electron chi connectivity index (χ1n) is 10.5. The molecule has 3 rings (SSSR count). The zero-order valence-electron chi connectivity index (χ0n) is 16.8. The number of hydrogen-bond acceptors (Lipinski definition) is 4. The quantitative estimate of drug-likeness (QED) is 0.777. The molecule has 2 saturated heterocycles. The van der Waals surface area contributed by atoms with Crippen molar-refractivity contribution in [3.05, 3.63) is 35.9 Å². The molecule has 1 aromatic rings. The van der Waals surface area contributed by atoms with E-state index in [1.54, 1.807) is 0 Å². The average Bonchev–Trinajstić information content (AvgIpc) is 2.97. The Labute approximate surface area is 160 Å². The Morgan fingerprint density at radius 3 is 2.46 bits per heavy atom. The van der Waals surface area contributed by atoms with Crippen molar-refractivity contribution in [3.63, 3.8) is 0 Å². The van der Waals surface area contributed by atoms with Gasteiger partial charge in [0.1, 0.15) is 0 Å². The Bertz CT molecular complexity index is 507. The third-order valence-electron chi connectivity index (χ3n) is 5.45. The maximum atomic E-state index is 6.21. The molecule has 0 bridgehead atoms. The van der Waals surface area contributed by atoms with E-state index >= 15 is 0 Å². The number of ether oxygens (including phenoxy) is 1. The summed E-state index contributed by atoms with van der Waals surface area (Å²) >= 11 is 0. The fraction of sp³-hybridized carbons (Fsp3) is 0.727. The van der Waals surface area contributed by atoms with Crippen LogP contribution in [-0.4, -0.2) is 79.8 Å². The van der Waals surface area contributed by atoms with Crippen LogP contribution in [0.2, 0.25) is 0 Å². The number of nitrogens with zero attached hydrogens (tertiary/aromatic N) is 3. The van der Waals surface area contributed by atoms with Gasteiger partial charge in [-0.15, -0.1) is 0 Å². The van der Waals surface area contributed by atoms with Crippen LogP contribution in [0, 0.1) is 5.92 Å². The fourth-order valence-corrected chi connectivity index (χ4v) is 4.26. The topological polar surface area (TPSA) is 19.0 Å². The third-order valence-corrected chi connectivity index (χ3v) is 5.45. The van der Waals surface area contributed by atoms with E-state index in [9.17, 15) is 0 Å². The maximum Gasteiger partial charge on any atom is 0.0828 e. The Balaban J connectivity index is 1.48. The van der Waals surface area contributed by atoms with Gasteiger partial charge in [-0.1, -0.05) is 44.2 Å². The Hall–Kier alpha value is -0.940. The van der Waals surface area contributed by atoms with Gasteiger partial charge < -0.3 is 9.64 Å². The first-order chi connectivity index (χ1) is 12.7. The van der Waals surface area contributed by atoms with Crippen LogP contribution in [0.15, 0.2) is 30.3 Å².